The molecule has 1 aliphatic heterocycles. The minimum Gasteiger partial charge on any atom is -0.492 e. The summed E-state index contributed by atoms with van der Waals surface area (Å²) in [6.07, 6.45) is 0. The van der Waals surface area contributed by atoms with Crippen LogP contribution in [0.4, 0.5) is 11.4 Å². The molecule has 2 nitrogen and oxygen atoms in total. The number of rotatable bonds is 2. The molecule has 1 heterocycles. The number of nitrogens with zero attached hydrogens (tertiary/aromatic N) is 1. The van der Waals surface area contributed by atoms with E-state index >= 15 is 0 Å². The van der Waals surface area contributed by atoms with E-state index in [2.05, 4.69) is 57.8 Å². The predicted molar refractivity (Wildman–Crippen MR) is 94.3 cm³/mol. The smallest absolute Gasteiger partial charge is 0.126 e. The Morgan fingerprint density at radius 3 is 2.36 bits per heavy atom. The van der Waals surface area contributed by atoms with Crippen LogP contribution in [0.15, 0.2) is 30.3 Å². The summed E-state index contributed by atoms with van der Waals surface area (Å²) in [7, 11) is 7.89. The van der Waals surface area contributed by atoms with E-state index in [4.69, 9.17) is 12.6 Å². The molecule has 2 aromatic carbocycles. The van der Waals surface area contributed by atoms with E-state index in [1.54, 1.807) is 0 Å². The summed E-state index contributed by atoms with van der Waals surface area (Å²) in [5.74, 6) is 1.07. The Labute approximate surface area is 134 Å². The molecule has 0 bridgehead atoms. The maximum absolute atomic E-state index is 5.95. The lowest BCUT2D eigenvalue weighted by Crippen LogP contribution is -2.19. The van der Waals surface area contributed by atoms with Gasteiger partial charge in [-0.25, -0.2) is 0 Å². The molecule has 0 spiro atoms. The van der Waals surface area contributed by atoms with Crippen molar-refractivity contribution in [2.75, 3.05) is 18.6 Å². The summed E-state index contributed by atoms with van der Waals surface area (Å²) in [6.45, 7) is 9.53. The molecule has 3 heteroatoms. The minimum atomic E-state index is 0.0600. The maximum Gasteiger partial charge on any atom is 0.126 e. The summed E-state index contributed by atoms with van der Waals surface area (Å²) in [4.78, 5) is 2.22. The van der Waals surface area contributed by atoms with Crippen molar-refractivity contribution in [2.45, 2.75) is 33.1 Å². The second-order valence-corrected chi connectivity index (χ2v) is 6.85. The van der Waals surface area contributed by atoms with Gasteiger partial charge in [0, 0.05) is 29.4 Å². The van der Waals surface area contributed by atoms with Gasteiger partial charge < -0.3 is 9.64 Å². The highest BCUT2D eigenvalue weighted by Gasteiger charge is 2.34. The average molecular weight is 291 g/mol. The molecule has 22 heavy (non-hydrogen) atoms. The van der Waals surface area contributed by atoms with Crippen LogP contribution in [0.2, 0.25) is 0 Å². The van der Waals surface area contributed by atoms with Crippen molar-refractivity contribution in [3.63, 3.8) is 0 Å². The number of hydrogen-bond acceptors (Lipinski definition) is 2. The maximum atomic E-state index is 5.95. The lowest BCUT2D eigenvalue weighted by Gasteiger charge is -2.25. The number of anilines is 2. The Hall–Kier alpha value is -1.90. The van der Waals surface area contributed by atoms with Crippen LogP contribution in [0.25, 0.3) is 0 Å². The molecule has 0 aliphatic carbocycles. The fourth-order valence-electron chi connectivity index (χ4n) is 3.08. The van der Waals surface area contributed by atoms with Gasteiger partial charge in [-0.3, -0.25) is 0 Å². The lowest BCUT2D eigenvalue weighted by molar-refractivity contribution is 0.290. The third kappa shape index (κ3) is 2.29. The number of ether oxygens (including phenoxy) is 1. The first-order valence-electron chi connectivity index (χ1n) is 7.68. The zero-order valence-electron chi connectivity index (χ0n) is 14.0. The molecule has 0 fully saturated rings. The number of hydrogen-bond donors (Lipinski definition) is 0. The first-order chi connectivity index (χ1) is 10.3. The fourth-order valence-corrected chi connectivity index (χ4v) is 3.08. The molecule has 2 aromatic rings. The molecule has 1 aliphatic rings. The van der Waals surface area contributed by atoms with Crippen molar-refractivity contribution >= 4 is 24.7 Å². The monoisotopic (exact) mass is 291 g/mol. The van der Waals surface area contributed by atoms with E-state index in [0.29, 0.717) is 0 Å². The largest absolute Gasteiger partial charge is 0.492 e. The summed E-state index contributed by atoms with van der Waals surface area (Å²) >= 11 is 0. The first-order valence-corrected chi connectivity index (χ1v) is 7.68. The van der Waals surface area contributed by atoms with Crippen LogP contribution in [0, 0.1) is 13.8 Å². The van der Waals surface area contributed by atoms with Gasteiger partial charge >= 0.3 is 0 Å². The number of benzene rings is 2. The quantitative estimate of drug-likeness (QED) is 0.785. The predicted octanol–water partition coefficient (Wildman–Crippen LogP) is 3.54. The van der Waals surface area contributed by atoms with Gasteiger partial charge in [-0.05, 0) is 43.2 Å². The summed E-state index contributed by atoms with van der Waals surface area (Å²) in [6, 6.07) is 10.3. The van der Waals surface area contributed by atoms with E-state index in [-0.39, 0.29) is 5.41 Å². The summed E-state index contributed by atoms with van der Waals surface area (Å²) in [5.41, 5.74) is 7.00. The van der Waals surface area contributed by atoms with Gasteiger partial charge in [-0.2, -0.15) is 0 Å². The molecule has 0 saturated heterocycles. The molecule has 0 amide bonds. The van der Waals surface area contributed by atoms with Gasteiger partial charge in [-0.1, -0.05) is 31.4 Å². The third-order valence-electron chi connectivity index (χ3n) is 4.76. The Bertz CT molecular complexity index is 719. The molecule has 0 saturated carbocycles. The van der Waals surface area contributed by atoms with Crippen LogP contribution in [0.1, 0.15) is 30.5 Å². The Balaban J connectivity index is 2.12. The van der Waals surface area contributed by atoms with E-state index in [1.807, 2.05) is 12.1 Å². The van der Waals surface area contributed by atoms with Crippen molar-refractivity contribution < 1.29 is 4.74 Å². The van der Waals surface area contributed by atoms with Crippen molar-refractivity contribution in [2.24, 2.45) is 0 Å². The highest BCUT2D eigenvalue weighted by Crippen LogP contribution is 2.45. The van der Waals surface area contributed by atoms with Gasteiger partial charge in [0.1, 0.15) is 13.6 Å². The van der Waals surface area contributed by atoms with Crippen LogP contribution in [-0.4, -0.2) is 21.5 Å². The van der Waals surface area contributed by atoms with Crippen molar-refractivity contribution in [1.29, 1.82) is 0 Å². The molecule has 0 unspecified atom stereocenters. The second-order valence-electron chi connectivity index (χ2n) is 6.85. The molecular weight excluding hydrogens is 269 g/mol. The van der Waals surface area contributed by atoms with Crippen LogP contribution < -0.4 is 15.1 Å². The Morgan fingerprint density at radius 2 is 1.73 bits per heavy atom. The van der Waals surface area contributed by atoms with E-state index < -0.39 is 0 Å². The molecule has 0 aromatic heterocycles. The molecule has 3 rings (SSSR count). The number of fused-ring (bicyclic) bond motifs is 1. The zero-order valence-corrected chi connectivity index (χ0v) is 14.0. The summed E-state index contributed by atoms with van der Waals surface area (Å²) < 4.78 is 5.95. The topological polar surface area (TPSA) is 12.5 Å². The molecule has 112 valence electrons. The standard InChI is InChI=1S/C19H22BNO/c1-12-13(2)18-16(19(3,4)11-22-18)10-17(12)21(5)15-8-6-14(20)7-9-15/h6-10H,11H2,1-5H3. The Morgan fingerprint density at radius 1 is 1.09 bits per heavy atom. The van der Waals surface area contributed by atoms with Crippen LogP contribution >= 0.6 is 0 Å². The zero-order chi connectivity index (χ0) is 16.1. The first kappa shape index (κ1) is 15.0. The van der Waals surface area contributed by atoms with Gasteiger partial charge in [0.15, 0.2) is 0 Å². The van der Waals surface area contributed by atoms with Gasteiger partial charge in [-0.15, -0.1) is 0 Å². The minimum absolute atomic E-state index is 0.0600. The van der Waals surface area contributed by atoms with Crippen LogP contribution in [0.5, 0.6) is 5.75 Å². The van der Waals surface area contributed by atoms with Gasteiger partial charge in [0.25, 0.3) is 0 Å². The SMILES string of the molecule is [B]c1ccc(N(C)c2cc3c(c(C)c2C)OCC3(C)C)cc1. The van der Waals surface area contributed by atoms with Crippen molar-refractivity contribution in [1.82, 2.24) is 0 Å². The molecule has 2 radical (unpaired) electrons. The van der Waals surface area contributed by atoms with Crippen LogP contribution in [-0.2, 0) is 5.41 Å². The van der Waals surface area contributed by atoms with Gasteiger partial charge in [0.05, 0.1) is 6.61 Å². The lowest BCUT2D eigenvalue weighted by atomic mass is 9.84. The molecular formula is C19H22BNO. The average Bonchev–Trinajstić information content (AvgIpc) is 2.78. The molecule has 0 N–H and O–H groups in total. The third-order valence-corrected chi connectivity index (χ3v) is 4.76. The second kappa shape index (κ2) is 5.08. The highest BCUT2D eigenvalue weighted by molar-refractivity contribution is 6.32. The summed E-state index contributed by atoms with van der Waals surface area (Å²) in [5, 5.41) is 0. The van der Waals surface area contributed by atoms with Gasteiger partial charge in [0.2, 0.25) is 0 Å². The van der Waals surface area contributed by atoms with E-state index in [0.717, 1.165) is 23.5 Å². The highest BCUT2D eigenvalue weighted by atomic mass is 16.5. The van der Waals surface area contributed by atoms with Crippen molar-refractivity contribution in [3.8, 4) is 5.75 Å². The fraction of sp³-hybridized carbons (Fsp3) is 0.368. The van der Waals surface area contributed by atoms with E-state index in [1.165, 1.54) is 22.4 Å². The van der Waals surface area contributed by atoms with Crippen LogP contribution in [0.3, 0.4) is 0 Å². The normalized spacial score (nSPS) is 15.3. The Kier molecular flexibility index (Phi) is 3.47. The molecule has 0 atom stereocenters. The van der Waals surface area contributed by atoms with E-state index in [9.17, 15) is 0 Å². The van der Waals surface area contributed by atoms with Crippen molar-refractivity contribution in [3.05, 3.63) is 47.0 Å².